The van der Waals surface area contributed by atoms with Gasteiger partial charge in [-0.15, -0.1) is 0 Å². The van der Waals surface area contributed by atoms with Crippen molar-refractivity contribution in [2.24, 2.45) is 12.0 Å². The fourth-order valence-electron chi connectivity index (χ4n) is 2.58. The largest absolute Gasteiger partial charge is 0.497 e. The third-order valence-corrected chi connectivity index (χ3v) is 4.08. The highest BCUT2D eigenvalue weighted by Crippen LogP contribution is 2.14. The van der Waals surface area contributed by atoms with Crippen molar-refractivity contribution < 1.29 is 4.74 Å². The number of hydrogen-bond acceptors (Lipinski definition) is 4. The van der Waals surface area contributed by atoms with Crippen LogP contribution in [0.25, 0.3) is 5.69 Å². The molecule has 0 aliphatic carbocycles. The predicted molar refractivity (Wildman–Crippen MR) is 105 cm³/mol. The molecule has 27 heavy (non-hydrogen) atoms. The van der Waals surface area contributed by atoms with Gasteiger partial charge in [-0.25, -0.2) is 9.67 Å². The Kier molecular flexibility index (Phi) is 6.09. The minimum Gasteiger partial charge on any atom is -0.497 e. The number of benzene rings is 1. The van der Waals surface area contributed by atoms with Crippen LogP contribution in [0.3, 0.4) is 0 Å². The number of guanidine groups is 1. The standard InChI is InChI=1S/C19H25N7O/c1-4-20-19(22-14-17-9-11-23-25(17)2)21-13-15-10-12-26(24-15)16-5-7-18(27-3)8-6-16/h5-12H,4,13-14H2,1-3H3,(H2,20,21,22). The Morgan fingerprint density at radius 2 is 1.96 bits per heavy atom. The third kappa shape index (κ3) is 4.87. The van der Waals surface area contributed by atoms with Crippen LogP contribution in [0.15, 0.2) is 53.8 Å². The second-order valence-electron chi connectivity index (χ2n) is 5.94. The van der Waals surface area contributed by atoms with Gasteiger partial charge in [0.15, 0.2) is 5.96 Å². The van der Waals surface area contributed by atoms with Crippen molar-refractivity contribution in [3.05, 3.63) is 60.2 Å². The summed E-state index contributed by atoms with van der Waals surface area (Å²) in [6.07, 6.45) is 3.72. The number of nitrogens with one attached hydrogen (secondary N) is 2. The van der Waals surface area contributed by atoms with Crippen LogP contribution in [-0.4, -0.2) is 39.2 Å². The van der Waals surface area contributed by atoms with E-state index in [0.29, 0.717) is 13.1 Å². The van der Waals surface area contributed by atoms with E-state index in [1.165, 1.54) is 0 Å². The maximum atomic E-state index is 5.19. The smallest absolute Gasteiger partial charge is 0.191 e. The Bertz CT molecular complexity index is 880. The predicted octanol–water partition coefficient (Wildman–Crippen LogP) is 1.87. The van der Waals surface area contributed by atoms with Crippen LogP contribution < -0.4 is 15.4 Å². The number of hydrogen-bond donors (Lipinski definition) is 2. The SMILES string of the molecule is CCNC(=NCc1ccn(-c2ccc(OC)cc2)n1)NCc1ccnn1C. The first-order chi connectivity index (χ1) is 13.2. The molecule has 2 N–H and O–H groups in total. The average Bonchev–Trinajstić information content (AvgIpc) is 3.33. The van der Waals surface area contributed by atoms with E-state index in [9.17, 15) is 0 Å². The lowest BCUT2D eigenvalue weighted by atomic mass is 10.3. The van der Waals surface area contributed by atoms with E-state index in [4.69, 9.17) is 4.74 Å². The third-order valence-electron chi connectivity index (χ3n) is 4.08. The summed E-state index contributed by atoms with van der Waals surface area (Å²) in [5.41, 5.74) is 2.96. The number of aliphatic imine (C=N–C) groups is 1. The molecule has 0 spiro atoms. The zero-order chi connectivity index (χ0) is 19.1. The van der Waals surface area contributed by atoms with E-state index in [0.717, 1.165) is 35.3 Å². The number of methoxy groups -OCH3 is 1. The molecule has 0 atom stereocenters. The molecule has 0 saturated carbocycles. The quantitative estimate of drug-likeness (QED) is 0.492. The highest BCUT2D eigenvalue weighted by atomic mass is 16.5. The van der Waals surface area contributed by atoms with Gasteiger partial charge in [0, 0.05) is 26.0 Å². The lowest BCUT2D eigenvalue weighted by Gasteiger charge is -2.11. The second-order valence-corrected chi connectivity index (χ2v) is 5.94. The van der Waals surface area contributed by atoms with Crippen molar-refractivity contribution in [1.29, 1.82) is 0 Å². The molecule has 2 heterocycles. The molecule has 3 rings (SSSR count). The van der Waals surface area contributed by atoms with Crippen LogP contribution in [0.1, 0.15) is 18.3 Å². The minimum atomic E-state index is 0.490. The van der Waals surface area contributed by atoms with Gasteiger partial charge < -0.3 is 15.4 Å². The number of aromatic nitrogens is 4. The normalized spacial score (nSPS) is 11.4. The summed E-state index contributed by atoms with van der Waals surface area (Å²) in [6, 6.07) is 11.7. The van der Waals surface area contributed by atoms with Crippen LogP contribution in [0, 0.1) is 0 Å². The van der Waals surface area contributed by atoms with Gasteiger partial charge in [0.2, 0.25) is 0 Å². The first-order valence-corrected chi connectivity index (χ1v) is 8.87. The average molecular weight is 367 g/mol. The van der Waals surface area contributed by atoms with E-state index in [-0.39, 0.29) is 0 Å². The van der Waals surface area contributed by atoms with Crippen molar-refractivity contribution >= 4 is 5.96 Å². The molecule has 0 aliphatic heterocycles. The number of ether oxygens (including phenoxy) is 1. The summed E-state index contributed by atoms with van der Waals surface area (Å²) >= 11 is 0. The molecule has 3 aromatic rings. The maximum Gasteiger partial charge on any atom is 0.191 e. The van der Waals surface area contributed by atoms with E-state index in [2.05, 4.69) is 25.8 Å². The number of aryl methyl sites for hydroxylation is 1. The number of nitrogens with zero attached hydrogens (tertiary/aromatic N) is 5. The van der Waals surface area contributed by atoms with Crippen molar-refractivity contribution in [2.45, 2.75) is 20.0 Å². The van der Waals surface area contributed by atoms with Crippen molar-refractivity contribution in [3.63, 3.8) is 0 Å². The molecular formula is C19H25N7O. The van der Waals surface area contributed by atoms with Crippen LogP contribution >= 0.6 is 0 Å². The molecule has 142 valence electrons. The van der Waals surface area contributed by atoms with Crippen molar-refractivity contribution in [1.82, 2.24) is 30.2 Å². The molecule has 0 radical (unpaired) electrons. The molecule has 0 saturated heterocycles. The Labute approximate surface area is 158 Å². The summed E-state index contributed by atoms with van der Waals surface area (Å²) in [4.78, 5) is 4.62. The summed E-state index contributed by atoms with van der Waals surface area (Å²) in [5, 5.41) is 15.3. The highest BCUT2D eigenvalue weighted by Gasteiger charge is 2.04. The Balaban J connectivity index is 1.63. The molecule has 2 aromatic heterocycles. The van der Waals surface area contributed by atoms with Crippen LogP contribution in [0.2, 0.25) is 0 Å². The van der Waals surface area contributed by atoms with Crippen LogP contribution in [0.4, 0.5) is 0 Å². The topological polar surface area (TPSA) is 81.3 Å². The zero-order valence-corrected chi connectivity index (χ0v) is 15.9. The van der Waals surface area contributed by atoms with Gasteiger partial charge in [-0.05, 0) is 43.3 Å². The molecule has 0 fully saturated rings. The zero-order valence-electron chi connectivity index (χ0n) is 15.9. The molecule has 8 heteroatoms. The molecule has 8 nitrogen and oxygen atoms in total. The van der Waals surface area contributed by atoms with Gasteiger partial charge in [0.1, 0.15) is 5.75 Å². The van der Waals surface area contributed by atoms with Crippen molar-refractivity contribution in [2.75, 3.05) is 13.7 Å². The van der Waals surface area contributed by atoms with Gasteiger partial charge in [-0.1, -0.05) is 0 Å². The van der Waals surface area contributed by atoms with Gasteiger partial charge in [0.25, 0.3) is 0 Å². The first kappa shape index (κ1) is 18.5. The van der Waals surface area contributed by atoms with Crippen LogP contribution in [0.5, 0.6) is 5.75 Å². The first-order valence-electron chi connectivity index (χ1n) is 8.87. The maximum absolute atomic E-state index is 5.19. The highest BCUT2D eigenvalue weighted by molar-refractivity contribution is 5.79. The fraction of sp³-hybridized carbons (Fsp3) is 0.316. The van der Waals surface area contributed by atoms with Crippen molar-refractivity contribution in [3.8, 4) is 11.4 Å². The van der Waals surface area contributed by atoms with Gasteiger partial charge >= 0.3 is 0 Å². The molecule has 1 aromatic carbocycles. The lowest BCUT2D eigenvalue weighted by Crippen LogP contribution is -2.37. The van der Waals surface area contributed by atoms with E-state index in [1.807, 2.05) is 65.9 Å². The molecule has 0 unspecified atom stereocenters. The molecule has 0 bridgehead atoms. The second kappa shape index (κ2) is 8.88. The van der Waals surface area contributed by atoms with E-state index >= 15 is 0 Å². The van der Waals surface area contributed by atoms with E-state index < -0.39 is 0 Å². The summed E-state index contributed by atoms with van der Waals surface area (Å²) in [7, 11) is 3.58. The number of rotatable bonds is 7. The molecule has 0 aliphatic rings. The molecular weight excluding hydrogens is 342 g/mol. The Morgan fingerprint density at radius 3 is 2.63 bits per heavy atom. The van der Waals surface area contributed by atoms with Crippen LogP contribution in [-0.2, 0) is 20.1 Å². The van der Waals surface area contributed by atoms with Gasteiger partial charge in [-0.2, -0.15) is 10.2 Å². The van der Waals surface area contributed by atoms with Gasteiger partial charge in [0.05, 0.1) is 37.3 Å². The Morgan fingerprint density at radius 1 is 1.15 bits per heavy atom. The van der Waals surface area contributed by atoms with Gasteiger partial charge in [-0.3, -0.25) is 4.68 Å². The van der Waals surface area contributed by atoms with E-state index in [1.54, 1.807) is 13.3 Å². The summed E-state index contributed by atoms with van der Waals surface area (Å²) in [6.45, 7) is 3.98. The summed E-state index contributed by atoms with van der Waals surface area (Å²) in [5.74, 6) is 1.57. The lowest BCUT2D eigenvalue weighted by molar-refractivity contribution is 0.414. The fourth-order valence-corrected chi connectivity index (χ4v) is 2.58. The summed E-state index contributed by atoms with van der Waals surface area (Å²) < 4.78 is 8.86. The minimum absolute atomic E-state index is 0.490. The Hall–Kier alpha value is -3.29. The molecule has 0 amide bonds. The monoisotopic (exact) mass is 367 g/mol.